The molecule has 1 N–H and O–H groups in total. The molecular formula is C11H9N3O. The van der Waals surface area contributed by atoms with Gasteiger partial charge in [-0.1, -0.05) is 6.07 Å². The van der Waals surface area contributed by atoms with Gasteiger partial charge < -0.3 is 5.32 Å². The van der Waals surface area contributed by atoms with E-state index in [1.54, 1.807) is 6.20 Å². The minimum absolute atomic E-state index is 0.0684. The van der Waals surface area contributed by atoms with Gasteiger partial charge in [-0.15, -0.1) is 0 Å². The maximum atomic E-state index is 11.3. The third kappa shape index (κ3) is 1.26. The molecule has 4 nitrogen and oxygen atoms in total. The SMILES string of the molecule is O=C1CCc2ccc3ncncc3c2N1. The number of nitrogens with one attached hydrogen (secondary N) is 1. The number of carbonyl (C=O) groups excluding carboxylic acids is 1. The summed E-state index contributed by atoms with van der Waals surface area (Å²) in [6.07, 6.45) is 4.62. The molecule has 4 heteroatoms. The van der Waals surface area contributed by atoms with Gasteiger partial charge in [-0.25, -0.2) is 9.97 Å². The van der Waals surface area contributed by atoms with Crippen molar-refractivity contribution in [2.75, 3.05) is 5.32 Å². The number of carbonyl (C=O) groups is 1. The first-order valence-corrected chi connectivity index (χ1v) is 4.86. The maximum absolute atomic E-state index is 11.3. The Balaban J connectivity index is 2.32. The quantitative estimate of drug-likeness (QED) is 0.699. The standard InChI is InChI=1S/C11H9N3O/c15-10-4-2-7-1-3-9-8(11(7)14-10)5-12-6-13-9/h1,3,5-6H,2,4H2,(H,14,15). The van der Waals surface area contributed by atoms with Crippen LogP contribution in [0.5, 0.6) is 0 Å². The van der Waals surface area contributed by atoms with E-state index in [9.17, 15) is 4.79 Å². The van der Waals surface area contributed by atoms with E-state index < -0.39 is 0 Å². The molecule has 74 valence electrons. The van der Waals surface area contributed by atoms with Crippen LogP contribution in [0.3, 0.4) is 0 Å². The van der Waals surface area contributed by atoms with Crippen molar-refractivity contribution in [3.8, 4) is 0 Å². The van der Waals surface area contributed by atoms with Crippen molar-refractivity contribution in [3.05, 3.63) is 30.2 Å². The van der Waals surface area contributed by atoms with Gasteiger partial charge in [-0.2, -0.15) is 0 Å². The second kappa shape index (κ2) is 3.02. The number of fused-ring (bicyclic) bond motifs is 3. The molecule has 1 aliphatic rings. The van der Waals surface area contributed by atoms with Crippen molar-refractivity contribution in [1.29, 1.82) is 0 Å². The third-order valence-electron chi connectivity index (χ3n) is 2.66. The molecule has 3 rings (SSSR count). The number of hydrogen-bond acceptors (Lipinski definition) is 3. The van der Waals surface area contributed by atoms with Crippen LogP contribution >= 0.6 is 0 Å². The van der Waals surface area contributed by atoms with Crippen LogP contribution in [0.4, 0.5) is 5.69 Å². The predicted molar refractivity (Wildman–Crippen MR) is 56.5 cm³/mol. The summed E-state index contributed by atoms with van der Waals surface area (Å²) in [6.45, 7) is 0. The largest absolute Gasteiger partial charge is 0.325 e. The lowest BCUT2D eigenvalue weighted by Crippen LogP contribution is -2.19. The number of hydrogen-bond donors (Lipinski definition) is 1. The number of aryl methyl sites for hydroxylation is 1. The first-order chi connectivity index (χ1) is 7.34. The first-order valence-electron chi connectivity index (χ1n) is 4.86. The molecule has 0 fully saturated rings. The molecule has 0 saturated carbocycles. The Bertz CT molecular complexity index is 551. The van der Waals surface area contributed by atoms with Crippen molar-refractivity contribution in [1.82, 2.24) is 9.97 Å². The zero-order valence-electron chi connectivity index (χ0n) is 8.03. The number of aromatic nitrogens is 2. The molecule has 2 aromatic rings. The molecule has 0 radical (unpaired) electrons. The van der Waals surface area contributed by atoms with Crippen LogP contribution in [0.25, 0.3) is 10.9 Å². The van der Waals surface area contributed by atoms with Crippen molar-refractivity contribution >= 4 is 22.5 Å². The van der Waals surface area contributed by atoms with Gasteiger partial charge in [-0.3, -0.25) is 4.79 Å². The van der Waals surface area contributed by atoms with Gasteiger partial charge in [0.15, 0.2) is 0 Å². The number of nitrogens with zero attached hydrogens (tertiary/aromatic N) is 2. The van der Waals surface area contributed by atoms with Gasteiger partial charge in [0.05, 0.1) is 11.2 Å². The summed E-state index contributed by atoms with van der Waals surface area (Å²) in [6, 6.07) is 3.98. The summed E-state index contributed by atoms with van der Waals surface area (Å²) in [5, 5.41) is 3.80. The molecule has 0 aliphatic carbocycles. The third-order valence-corrected chi connectivity index (χ3v) is 2.66. The fourth-order valence-electron chi connectivity index (χ4n) is 1.91. The number of benzene rings is 1. The molecule has 1 amide bonds. The van der Waals surface area contributed by atoms with Crippen molar-refractivity contribution < 1.29 is 4.79 Å². The van der Waals surface area contributed by atoms with Crippen LogP contribution in [0, 0.1) is 0 Å². The van der Waals surface area contributed by atoms with Gasteiger partial charge in [-0.05, 0) is 18.1 Å². The highest BCUT2D eigenvalue weighted by atomic mass is 16.1. The topological polar surface area (TPSA) is 54.9 Å². The lowest BCUT2D eigenvalue weighted by atomic mass is 10.0. The minimum Gasteiger partial charge on any atom is -0.325 e. The normalized spacial score (nSPS) is 14.8. The second-order valence-electron chi connectivity index (χ2n) is 3.60. The van der Waals surface area contributed by atoms with Crippen LogP contribution in [0.2, 0.25) is 0 Å². The van der Waals surface area contributed by atoms with Crippen LogP contribution in [-0.2, 0) is 11.2 Å². The van der Waals surface area contributed by atoms with Crippen LogP contribution in [0.1, 0.15) is 12.0 Å². The Kier molecular flexibility index (Phi) is 1.68. The Morgan fingerprint density at radius 1 is 1.27 bits per heavy atom. The summed E-state index contributed by atoms with van der Waals surface area (Å²) < 4.78 is 0. The molecule has 0 saturated heterocycles. The lowest BCUT2D eigenvalue weighted by molar-refractivity contribution is -0.116. The van der Waals surface area contributed by atoms with E-state index in [0.717, 1.165) is 28.6 Å². The van der Waals surface area contributed by atoms with E-state index in [2.05, 4.69) is 15.3 Å². The van der Waals surface area contributed by atoms with Crippen molar-refractivity contribution in [2.24, 2.45) is 0 Å². The van der Waals surface area contributed by atoms with E-state index in [-0.39, 0.29) is 5.91 Å². The zero-order chi connectivity index (χ0) is 10.3. The number of amides is 1. The summed E-state index contributed by atoms with van der Waals surface area (Å²) in [5.41, 5.74) is 2.91. The van der Waals surface area contributed by atoms with Crippen molar-refractivity contribution in [2.45, 2.75) is 12.8 Å². The molecule has 0 spiro atoms. The molecule has 0 bridgehead atoms. The Morgan fingerprint density at radius 3 is 3.13 bits per heavy atom. The molecule has 1 aromatic carbocycles. The Morgan fingerprint density at radius 2 is 2.20 bits per heavy atom. The first kappa shape index (κ1) is 8.35. The fourth-order valence-corrected chi connectivity index (χ4v) is 1.91. The highest BCUT2D eigenvalue weighted by Crippen LogP contribution is 2.29. The molecular weight excluding hydrogens is 190 g/mol. The lowest BCUT2D eigenvalue weighted by Gasteiger charge is -2.17. The summed E-state index contributed by atoms with van der Waals surface area (Å²) in [4.78, 5) is 19.5. The molecule has 0 atom stereocenters. The average Bonchev–Trinajstić information content (AvgIpc) is 2.29. The summed E-state index contributed by atoms with van der Waals surface area (Å²) in [7, 11) is 0. The van der Waals surface area contributed by atoms with E-state index in [1.165, 1.54) is 6.33 Å². The van der Waals surface area contributed by atoms with E-state index >= 15 is 0 Å². The van der Waals surface area contributed by atoms with Crippen LogP contribution in [0.15, 0.2) is 24.7 Å². The van der Waals surface area contributed by atoms with Gasteiger partial charge >= 0.3 is 0 Å². The Labute approximate surface area is 86.4 Å². The molecule has 15 heavy (non-hydrogen) atoms. The van der Waals surface area contributed by atoms with Crippen LogP contribution < -0.4 is 5.32 Å². The molecule has 1 aliphatic heterocycles. The van der Waals surface area contributed by atoms with Gasteiger partial charge in [0.25, 0.3) is 0 Å². The van der Waals surface area contributed by atoms with Gasteiger partial charge in [0, 0.05) is 18.0 Å². The smallest absolute Gasteiger partial charge is 0.224 e. The zero-order valence-corrected chi connectivity index (χ0v) is 8.03. The van der Waals surface area contributed by atoms with Crippen molar-refractivity contribution in [3.63, 3.8) is 0 Å². The summed E-state index contributed by atoms with van der Waals surface area (Å²) >= 11 is 0. The number of anilines is 1. The minimum atomic E-state index is 0.0684. The maximum Gasteiger partial charge on any atom is 0.224 e. The molecule has 1 aromatic heterocycles. The highest BCUT2D eigenvalue weighted by molar-refractivity contribution is 6.03. The molecule has 2 heterocycles. The van der Waals surface area contributed by atoms with Gasteiger partial charge in [0.2, 0.25) is 5.91 Å². The van der Waals surface area contributed by atoms with E-state index in [4.69, 9.17) is 0 Å². The van der Waals surface area contributed by atoms with Gasteiger partial charge in [0.1, 0.15) is 6.33 Å². The predicted octanol–water partition coefficient (Wildman–Crippen LogP) is 1.51. The van der Waals surface area contributed by atoms with E-state index in [0.29, 0.717) is 6.42 Å². The van der Waals surface area contributed by atoms with E-state index in [1.807, 2.05) is 12.1 Å². The fraction of sp³-hybridized carbons (Fsp3) is 0.182. The average molecular weight is 199 g/mol. The Hall–Kier alpha value is -1.97. The monoisotopic (exact) mass is 199 g/mol. The summed E-state index contributed by atoms with van der Waals surface area (Å²) in [5.74, 6) is 0.0684. The van der Waals surface area contributed by atoms with Crippen LogP contribution in [-0.4, -0.2) is 15.9 Å². The highest BCUT2D eigenvalue weighted by Gasteiger charge is 2.16. The molecule has 0 unspecified atom stereocenters. The second-order valence-corrected chi connectivity index (χ2v) is 3.60. The number of rotatable bonds is 0.